The van der Waals surface area contributed by atoms with E-state index in [-0.39, 0.29) is 32.1 Å². The van der Waals surface area contributed by atoms with Crippen molar-refractivity contribution >= 4 is 12.0 Å². The molecule has 0 unspecified atom stereocenters. The van der Waals surface area contributed by atoms with E-state index in [0.29, 0.717) is 5.69 Å². The summed E-state index contributed by atoms with van der Waals surface area (Å²) in [5.74, 6) is -0.272. The van der Waals surface area contributed by atoms with Crippen LogP contribution in [0.25, 0.3) is 0 Å². The van der Waals surface area contributed by atoms with Crippen molar-refractivity contribution in [3.05, 3.63) is 11.9 Å². The van der Waals surface area contributed by atoms with E-state index < -0.39 is 6.09 Å². The van der Waals surface area contributed by atoms with Crippen molar-refractivity contribution in [3.8, 4) is 0 Å². The number of carbonyl (C=O) groups is 2. The smallest absolute Gasteiger partial charge is 0.404 e. The van der Waals surface area contributed by atoms with Crippen LogP contribution in [0.15, 0.2) is 6.20 Å². The predicted octanol–water partition coefficient (Wildman–Crippen LogP) is -2.05. The van der Waals surface area contributed by atoms with Gasteiger partial charge >= 0.3 is 6.09 Å². The highest BCUT2D eigenvalue weighted by atomic mass is 16.5. The number of primary amides is 1. The topological polar surface area (TPSA) is 138 Å². The number of rotatable bonds is 6. The number of hydrogen-bond donors (Lipinski definition) is 3. The van der Waals surface area contributed by atoms with E-state index in [1.54, 1.807) is 6.20 Å². The van der Waals surface area contributed by atoms with Gasteiger partial charge in [-0.2, -0.15) is 0 Å². The van der Waals surface area contributed by atoms with Crippen LogP contribution in [0.2, 0.25) is 0 Å². The first-order valence-electron chi connectivity index (χ1n) is 4.90. The van der Waals surface area contributed by atoms with Crippen molar-refractivity contribution in [1.82, 2.24) is 20.3 Å². The molecule has 0 aliphatic rings. The molecule has 0 aromatic carbocycles. The van der Waals surface area contributed by atoms with Gasteiger partial charge in [0.25, 0.3) is 0 Å². The summed E-state index contributed by atoms with van der Waals surface area (Å²) in [6.07, 6.45) is 0.711. The maximum Gasteiger partial charge on any atom is 0.404 e. The molecule has 1 heterocycles. The zero-order valence-electron chi connectivity index (χ0n) is 9.13. The largest absolute Gasteiger partial charge is 0.448 e. The average Bonchev–Trinajstić information content (AvgIpc) is 2.72. The Kier molecular flexibility index (Phi) is 4.88. The Hall–Kier alpha value is -2.16. The van der Waals surface area contributed by atoms with Crippen molar-refractivity contribution in [2.24, 2.45) is 11.5 Å². The molecule has 0 aliphatic carbocycles. The Bertz CT molecular complexity index is 390. The van der Waals surface area contributed by atoms with Gasteiger partial charge < -0.3 is 21.5 Å². The third kappa shape index (κ3) is 4.93. The van der Waals surface area contributed by atoms with Crippen LogP contribution in [0, 0.1) is 0 Å². The summed E-state index contributed by atoms with van der Waals surface area (Å²) in [6.45, 7) is 0.532. The van der Waals surface area contributed by atoms with Crippen molar-refractivity contribution in [2.45, 2.75) is 13.1 Å². The third-order valence-corrected chi connectivity index (χ3v) is 1.77. The summed E-state index contributed by atoms with van der Waals surface area (Å²) in [7, 11) is 0. The SMILES string of the molecule is NCc1cn(CC(=O)NCCOC(N)=O)nn1. The number of hydrogen-bond acceptors (Lipinski definition) is 6. The summed E-state index contributed by atoms with van der Waals surface area (Å²) in [5.41, 5.74) is 10.7. The highest BCUT2D eigenvalue weighted by Gasteiger charge is 2.05. The van der Waals surface area contributed by atoms with Crippen LogP contribution < -0.4 is 16.8 Å². The van der Waals surface area contributed by atoms with Gasteiger partial charge in [-0.1, -0.05) is 5.21 Å². The molecule has 0 saturated carbocycles. The molecule has 9 heteroatoms. The zero-order valence-corrected chi connectivity index (χ0v) is 9.13. The van der Waals surface area contributed by atoms with Crippen molar-refractivity contribution in [2.75, 3.05) is 13.2 Å². The standard InChI is InChI=1S/C8H14N6O3/c9-3-6-4-14(13-12-6)5-7(15)11-1-2-17-8(10)16/h4H,1-3,5,9H2,(H2,10,16)(H,11,15). The van der Waals surface area contributed by atoms with Crippen LogP contribution in [0.1, 0.15) is 5.69 Å². The number of nitrogens with two attached hydrogens (primary N) is 2. The molecule has 94 valence electrons. The molecule has 1 aromatic heterocycles. The van der Waals surface area contributed by atoms with Gasteiger partial charge in [0.15, 0.2) is 0 Å². The average molecular weight is 242 g/mol. The summed E-state index contributed by atoms with van der Waals surface area (Å²) < 4.78 is 5.80. The number of aromatic nitrogens is 3. The Morgan fingerprint density at radius 1 is 1.53 bits per heavy atom. The van der Waals surface area contributed by atoms with E-state index in [1.807, 2.05) is 0 Å². The lowest BCUT2D eigenvalue weighted by molar-refractivity contribution is -0.122. The van der Waals surface area contributed by atoms with Crippen LogP contribution in [-0.4, -0.2) is 40.1 Å². The number of ether oxygens (including phenoxy) is 1. The molecule has 5 N–H and O–H groups in total. The first kappa shape index (κ1) is 12.9. The Morgan fingerprint density at radius 3 is 2.88 bits per heavy atom. The molecule has 0 saturated heterocycles. The third-order valence-electron chi connectivity index (χ3n) is 1.77. The molecule has 1 aromatic rings. The summed E-state index contributed by atoms with van der Waals surface area (Å²) in [5, 5.41) is 9.96. The second-order valence-corrected chi connectivity index (χ2v) is 3.13. The summed E-state index contributed by atoms with van der Waals surface area (Å²) >= 11 is 0. The van der Waals surface area contributed by atoms with E-state index in [9.17, 15) is 9.59 Å². The van der Waals surface area contributed by atoms with Gasteiger partial charge in [0, 0.05) is 6.54 Å². The predicted molar refractivity (Wildman–Crippen MR) is 56.5 cm³/mol. The maximum atomic E-state index is 11.4. The van der Waals surface area contributed by atoms with Crippen LogP contribution in [-0.2, 0) is 22.6 Å². The molecule has 1 rings (SSSR count). The molecule has 17 heavy (non-hydrogen) atoms. The van der Waals surface area contributed by atoms with Crippen LogP contribution in [0.5, 0.6) is 0 Å². The number of amides is 2. The molecular formula is C8H14N6O3. The fourth-order valence-electron chi connectivity index (χ4n) is 1.05. The number of nitrogens with one attached hydrogen (secondary N) is 1. The molecule has 0 atom stereocenters. The molecule has 2 amide bonds. The first-order chi connectivity index (χ1) is 8.11. The van der Waals surface area contributed by atoms with E-state index >= 15 is 0 Å². The Labute approximate surface area is 97.1 Å². The molecule has 0 spiro atoms. The van der Waals surface area contributed by atoms with E-state index in [4.69, 9.17) is 11.5 Å². The molecule has 9 nitrogen and oxygen atoms in total. The van der Waals surface area contributed by atoms with E-state index in [1.165, 1.54) is 4.68 Å². The molecular weight excluding hydrogens is 228 g/mol. The summed E-state index contributed by atoms with van der Waals surface area (Å²) in [6, 6.07) is 0. The highest BCUT2D eigenvalue weighted by Crippen LogP contribution is 1.90. The molecule has 0 radical (unpaired) electrons. The number of carbonyl (C=O) groups excluding carboxylic acids is 2. The molecule has 0 fully saturated rings. The zero-order chi connectivity index (χ0) is 12.7. The maximum absolute atomic E-state index is 11.4. The van der Waals surface area contributed by atoms with Gasteiger partial charge in [-0.3, -0.25) is 4.79 Å². The quantitative estimate of drug-likeness (QED) is 0.491. The second kappa shape index (κ2) is 6.43. The lowest BCUT2D eigenvalue weighted by atomic mass is 10.5. The summed E-state index contributed by atoms with van der Waals surface area (Å²) in [4.78, 5) is 21.6. The van der Waals surface area contributed by atoms with Gasteiger partial charge in [-0.05, 0) is 0 Å². The second-order valence-electron chi connectivity index (χ2n) is 3.13. The Morgan fingerprint density at radius 2 is 2.29 bits per heavy atom. The number of nitrogens with zero attached hydrogens (tertiary/aromatic N) is 3. The fourth-order valence-corrected chi connectivity index (χ4v) is 1.05. The minimum atomic E-state index is -0.872. The van der Waals surface area contributed by atoms with Crippen molar-refractivity contribution in [3.63, 3.8) is 0 Å². The van der Waals surface area contributed by atoms with Gasteiger partial charge in [-0.25, -0.2) is 9.48 Å². The van der Waals surface area contributed by atoms with E-state index in [0.717, 1.165) is 0 Å². The van der Waals surface area contributed by atoms with Crippen molar-refractivity contribution < 1.29 is 14.3 Å². The lowest BCUT2D eigenvalue weighted by Gasteiger charge is -2.04. The first-order valence-corrected chi connectivity index (χ1v) is 4.90. The minimum Gasteiger partial charge on any atom is -0.448 e. The fraction of sp³-hybridized carbons (Fsp3) is 0.500. The van der Waals surface area contributed by atoms with Crippen LogP contribution in [0.3, 0.4) is 0 Å². The minimum absolute atomic E-state index is 0.0313. The van der Waals surface area contributed by atoms with Gasteiger partial charge in [-0.15, -0.1) is 5.10 Å². The van der Waals surface area contributed by atoms with Crippen LogP contribution in [0.4, 0.5) is 4.79 Å². The normalized spacial score (nSPS) is 9.94. The lowest BCUT2D eigenvalue weighted by Crippen LogP contribution is -2.31. The van der Waals surface area contributed by atoms with Gasteiger partial charge in [0.05, 0.1) is 18.4 Å². The Balaban J connectivity index is 2.22. The monoisotopic (exact) mass is 242 g/mol. The molecule has 0 aliphatic heterocycles. The highest BCUT2D eigenvalue weighted by molar-refractivity contribution is 5.75. The van der Waals surface area contributed by atoms with Crippen LogP contribution >= 0.6 is 0 Å². The van der Waals surface area contributed by atoms with Gasteiger partial charge in [0.2, 0.25) is 5.91 Å². The van der Waals surface area contributed by atoms with Crippen molar-refractivity contribution in [1.29, 1.82) is 0 Å². The van der Waals surface area contributed by atoms with E-state index in [2.05, 4.69) is 20.4 Å². The van der Waals surface area contributed by atoms with Gasteiger partial charge in [0.1, 0.15) is 13.2 Å². The molecule has 0 bridgehead atoms.